The lowest BCUT2D eigenvalue weighted by Crippen LogP contribution is -2.38. The van der Waals surface area contributed by atoms with Gasteiger partial charge in [-0.3, -0.25) is 4.79 Å². The number of carbonyl (C=O) groups is 1. The maximum atomic E-state index is 12.9. The number of aromatic nitrogens is 1. The first-order chi connectivity index (χ1) is 10.1. The van der Waals surface area contributed by atoms with Crippen molar-refractivity contribution in [3.8, 4) is 0 Å². The van der Waals surface area contributed by atoms with E-state index in [1.807, 2.05) is 49.2 Å². The molecule has 4 heteroatoms. The van der Waals surface area contributed by atoms with Gasteiger partial charge in [0.25, 0.3) is 5.91 Å². The maximum Gasteiger partial charge on any atom is 0.254 e. The number of hydrogen-bond acceptors (Lipinski definition) is 3. The van der Waals surface area contributed by atoms with Crippen molar-refractivity contribution < 1.29 is 4.79 Å². The Hall–Kier alpha value is -2.10. The molecule has 0 aliphatic carbocycles. The Bertz CT molecular complexity index is 639. The van der Waals surface area contributed by atoms with E-state index in [2.05, 4.69) is 24.1 Å². The molecule has 0 bridgehead atoms. The molecule has 0 radical (unpaired) electrons. The van der Waals surface area contributed by atoms with Crippen molar-refractivity contribution in [2.45, 2.75) is 33.2 Å². The van der Waals surface area contributed by atoms with Gasteiger partial charge in [0.15, 0.2) is 0 Å². The van der Waals surface area contributed by atoms with Crippen molar-refractivity contribution in [3.05, 3.63) is 35.9 Å². The van der Waals surface area contributed by atoms with Crippen LogP contribution in [0.2, 0.25) is 0 Å². The minimum absolute atomic E-state index is 0.0713. The Labute approximate surface area is 126 Å². The predicted octanol–water partition coefficient (Wildman–Crippen LogP) is 3.54. The number of nitrogens with zero attached hydrogens (tertiary/aromatic N) is 2. The van der Waals surface area contributed by atoms with Gasteiger partial charge < -0.3 is 10.2 Å². The van der Waals surface area contributed by atoms with E-state index in [1.54, 1.807) is 0 Å². The molecule has 4 nitrogen and oxygen atoms in total. The van der Waals surface area contributed by atoms with Gasteiger partial charge in [0.2, 0.25) is 0 Å². The van der Waals surface area contributed by atoms with Crippen molar-refractivity contribution in [3.63, 3.8) is 0 Å². The predicted molar refractivity (Wildman–Crippen MR) is 87.8 cm³/mol. The second-order valence-electron chi connectivity index (χ2n) is 5.17. The van der Waals surface area contributed by atoms with E-state index in [-0.39, 0.29) is 11.9 Å². The molecule has 0 aliphatic heterocycles. The average Bonchev–Trinajstić information content (AvgIpc) is 2.53. The summed E-state index contributed by atoms with van der Waals surface area (Å²) in [6.07, 6.45) is 0.946. The number of rotatable bonds is 5. The number of anilines is 1. The molecule has 1 atom stereocenters. The number of carbonyl (C=O) groups excluding carboxylic acids is 1. The molecule has 21 heavy (non-hydrogen) atoms. The fourth-order valence-corrected chi connectivity index (χ4v) is 2.51. The van der Waals surface area contributed by atoms with Crippen LogP contribution in [0.25, 0.3) is 10.9 Å². The fraction of sp³-hybridized carbons (Fsp3) is 0.412. The molecule has 1 aromatic heterocycles. The van der Waals surface area contributed by atoms with Gasteiger partial charge in [0.05, 0.1) is 11.1 Å². The largest absolute Gasteiger partial charge is 0.373 e. The highest BCUT2D eigenvalue weighted by Gasteiger charge is 2.21. The van der Waals surface area contributed by atoms with Crippen LogP contribution >= 0.6 is 0 Å². The normalized spacial score (nSPS) is 12.2. The molecule has 1 unspecified atom stereocenters. The van der Waals surface area contributed by atoms with E-state index >= 15 is 0 Å². The van der Waals surface area contributed by atoms with Crippen molar-refractivity contribution >= 4 is 22.6 Å². The third-order valence-electron chi connectivity index (χ3n) is 3.93. The molecule has 0 fully saturated rings. The topological polar surface area (TPSA) is 45.2 Å². The summed E-state index contributed by atoms with van der Waals surface area (Å²) in [6.45, 7) is 6.92. The smallest absolute Gasteiger partial charge is 0.254 e. The van der Waals surface area contributed by atoms with E-state index in [9.17, 15) is 4.79 Å². The fourth-order valence-electron chi connectivity index (χ4n) is 2.51. The highest BCUT2D eigenvalue weighted by molar-refractivity contribution is 6.07. The molecular formula is C17H23N3O. The summed E-state index contributed by atoms with van der Waals surface area (Å²) in [4.78, 5) is 19.4. The van der Waals surface area contributed by atoms with Gasteiger partial charge in [-0.15, -0.1) is 0 Å². The van der Waals surface area contributed by atoms with Gasteiger partial charge in [-0.2, -0.15) is 0 Å². The molecule has 112 valence electrons. The zero-order valence-corrected chi connectivity index (χ0v) is 13.2. The highest BCUT2D eigenvalue weighted by atomic mass is 16.2. The lowest BCUT2D eigenvalue weighted by atomic mass is 10.1. The van der Waals surface area contributed by atoms with Crippen LogP contribution in [0.1, 0.15) is 37.6 Å². The summed E-state index contributed by atoms with van der Waals surface area (Å²) >= 11 is 0. The average molecular weight is 285 g/mol. The van der Waals surface area contributed by atoms with Crippen molar-refractivity contribution in [2.24, 2.45) is 0 Å². The molecule has 2 aromatic rings. The number of para-hydroxylation sites is 1. The summed E-state index contributed by atoms with van der Waals surface area (Å²) in [5, 5.41) is 3.94. The maximum absolute atomic E-state index is 12.9. The molecule has 0 spiro atoms. The Morgan fingerprint density at radius 3 is 2.67 bits per heavy atom. The van der Waals surface area contributed by atoms with E-state index in [0.717, 1.165) is 23.1 Å². The van der Waals surface area contributed by atoms with Gasteiger partial charge in [0.1, 0.15) is 5.82 Å². The van der Waals surface area contributed by atoms with Crippen LogP contribution in [0.15, 0.2) is 30.3 Å². The monoisotopic (exact) mass is 285 g/mol. The van der Waals surface area contributed by atoms with Gasteiger partial charge in [-0.05, 0) is 32.4 Å². The van der Waals surface area contributed by atoms with Crippen LogP contribution in [-0.2, 0) is 0 Å². The molecular weight excluding hydrogens is 262 g/mol. The number of fused-ring (bicyclic) bond motifs is 1. The van der Waals surface area contributed by atoms with Gasteiger partial charge in [-0.25, -0.2) is 4.98 Å². The minimum atomic E-state index is 0.0713. The Morgan fingerprint density at radius 2 is 2.05 bits per heavy atom. The first-order valence-electron chi connectivity index (χ1n) is 7.50. The van der Waals surface area contributed by atoms with Crippen LogP contribution < -0.4 is 5.32 Å². The summed E-state index contributed by atoms with van der Waals surface area (Å²) in [6, 6.07) is 9.85. The van der Waals surface area contributed by atoms with Crippen LogP contribution in [0.5, 0.6) is 0 Å². The second-order valence-corrected chi connectivity index (χ2v) is 5.17. The van der Waals surface area contributed by atoms with E-state index in [0.29, 0.717) is 12.1 Å². The first kappa shape index (κ1) is 15.3. The van der Waals surface area contributed by atoms with Gasteiger partial charge >= 0.3 is 0 Å². The SMILES string of the molecule is CCC(C)N(CC)C(=O)c1cc(NC)nc2ccccc12. The molecule has 1 amide bonds. The van der Waals surface area contributed by atoms with Crippen LogP contribution in [0.4, 0.5) is 5.82 Å². The quantitative estimate of drug-likeness (QED) is 0.914. The number of hydrogen-bond donors (Lipinski definition) is 1. The molecule has 0 saturated heterocycles. The Balaban J connectivity index is 2.56. The summed E-state index contributed by atoms with van der Waals surface area (Å²) in [5.74, 6) is 0.791. The van der Waals surface area contributed by atoms with Crippen molar-refractivity contribution in [1.82, 2.24) is 9.88 Å². The Morgan fingerprint density at radius 1 is 1.33 bits per heavy atom. The highest BCUT2D eigenvalue weighted by Crippen LogP contribution is 2.23. The second kappa shape index (κ2) is 6.57. The van der Waals surface area contributed by atoms with E-state index in [4.69, 9.17) is 0 Å². The minimum Gasteiger partial charge on any atom is -0.373 e. The summed E-state index contributed by atoms with van der Waals surface area (Å²) in [7, 11) is 1.82. The third-order valence-corrected chi connectivity index (χ3v) is 3.93. The standard InChI is InChI=1S/C17H23N3O/c1-5-12(3)20(6-2)17(21)14-11-16(18-4)19-15-10-8-7-9-13(14)15/h7-12H,5-6H2,1-4H3,(H,18,19). The molecule has 2 rings (SSSR count). The van der Waals surface area contributed by atoms with Gasteiger partial charge in [-0.1, -0.05) is 25.1 Å². The third kappa shape index (κ3) is 2.99. The number of benzene rings is 1. The summed E-state index contributed by atoms with van der Waals surface area (Å²) < 4.78 is 0. The molecule has 0 saturated carbocycles. The number of nitrogens with one attached hydrogen (secondary N) is 1. The van der Waals surface area contributed by atoms with Crippen LogP contribution in [0.3, 0.4) is 0 Å². The van der Waals surface area contributed by atoms with E-state index < -0.39 is 0 Å². The van der Waals surface area contributed by atoms with Crippen molar-refractivity contribution in [2.75, 3.05) is 18.9 Å². The molecule has 1 aromatic carbocycles. The molecule has 1 N–H and O–H groups in total. The zero-order valence-electron chi connectivity index (χ0n) is 13.2. The van der Waals surface area contributed by atoms with Gasteiger partial charge in [0, 0.05) is 25.0 Å². The van der Waals surface area contributed by atoms with Crippen LogP contribution in [0, 0.1) is 0 Å². The number of amides is 1. The van der Waals surface area contributed by atoms with Crippen molar-refractivity contribution in [1.29, 1.82) is 0 Å². The first-order valence-corrected chi connectivity index (χ1v) is 7.50. The lowest BCUT2D eigenvalue weighted by molar-refractivity contribution is 0.0702. The number of pyridine rings is 1. The molecule has 1 heterocycles. The molecule has 0 aliphatic rings. The van der Waals surface area contributed by atoms with E-state index in [1.165, 1.54) is 0 Å². The summed E-state index contributed by atoms with van der Waals surface area (Å²) in [5.41, 5.74) is 1.56. The zero-order chi connectivity index (χ0) is 15.4. The lowest BCUT2D eigenvalue weighted by Gasteiger charge is -2.28. The Kier molecular flexibility index (Phi) is 4.78. The van der Waals surface area contributed by atoms with Crippen LogP contribution in [-0.4, -0.2) is 35.4 Å².